The van der Waals surface area contributed by atoms with E-state index in [1.807, 2.05) is 0 Å². The fourth-order valence-electron chi connectivity index (χ4n) is 0.0781. The summed E-state index contributed by atoms with van der Waals surface area (Å²) in [5.41, 5.74) is 0. The summed E-state index contributed by atoms with van der Waals surface area (Å²) in [7, 11) is 0. The van der Waals surface area contributed by atoms with Crippen molar-refractivity contribution in [1.82, 2.24) is 0 Å². The van der Waals surface area contributed by atoms with Gasteiger partial charge in [0, 0.05) is 5.75 Å². The monoisotopic (exact) mass is 182 g/mol. The number of thiol groups is 1. The number of hydrogen-bond acceptors (Lipinski definition) is 4. The molecule has 68 valence electrons. The van der Waals surface area contributed by atoms with Crippen LogP contribution in [0.3, 0.4) is 0 Å². The van der Waals surface area contributed by atoms with E-state index in [-0.39, 0.29) is 19.1 Å². The van der Waals surface area contributed by atoms with Gasteiger partial charge in [-0.1, -0.05) is 6.92 Å². The minimum absolute atomic E-state index is 0.125. The molecule has 11 heavy (non-hydrogen) atoms. The van der Waals surface area contributed by atoms with Crippen LogP contribution in [0.1, 0.15) is 6.92 Å². The average molecular weight is 182 g/mol. The molecule has 0 heterocycles. The SMILES string of the molecule is CC(CS)C(=O)O.OCCO. The second-order valence-corrected chi connectivity index (χ2v) is 2.23. The van der Waals surface area contributed by atoms with Crippen molar-refractivity contribution in [2.75, 3.05) is 19.0 Å². The lowest BCUT2D eigenvalue weighted by Gasteiger charge is -1.95. The summed E-state index contributed by atoms with van der Waals surface area (Å²) in [6, 6.07) is 0. The van der Waals surface area contributed by atoms with Crippen molar-refractivity contribution < 1.29 is 20.1 Å². The first kappa shape index (κ1) is 13.3. The zero-order chi connectivity index (χ0) is 9.28. The van der Waals surface area contributed by atoms with Gasteiger partial charge in [-0.2, -0.15) is 12.6 Å². The summed E-state index contributed by atoms with van der Waals surface area (Å²) in [6.07, 6.45) is 0. The van der Waals surface area contributed by atoms with Crippen molar-refractivity contribution in [3.63, 3.8) is 0 Å². The maximum absolute atomic E-state index is 9.88. The number of aliphatic carboxylic acids is 1. The Kier molecular flexibility index (Phi) is 11.8. The quantitative estimate of drug-likeness (QED) is 0.448. The molecule has 0 bridgehead atoms. The normalized spacial score (nSPS) is 11.3. The van der Waals surface area contributed by atoms with Gasteiger partial charge in [0.15, 0.2) is 0 Å². The maximum Gasteiger partial charge on any atom is 0.307 e. The second kappa shape index (κ2) is 9.74. The van der Waals surface area contributed by atoms with Crippen LogP contribution in [-0.2, 0) is 4.79 Å². The van der Waals surface area contributed by atoms with E-state index in [1.165, 1.54) is 0 Å². The first-order valence-corrected chi connectivity index (χ1v) is 3.78. The van der Waals surface area contributed by atoms with Crippen molar-refractivity contribution in [2.24, 2.45) is 5.92 Å². The van der Waals surface area contributed by atoms with Crippen LogP contribution < -0.4 is 0 Å². The fourth-order valence-corrected chi connectivity index (χ4v) is 0.234. The third-order valence-electron chi connectivity index (χ3n) is 0.795. The Hall–Kier alpha value is -0.260. The Labute approximate surface area is 71.3 Å². The second-order valence-electron chi connectivity index (χ2n) is 1.87. The fraction of sp³-hybridized carbons (Fsp3) is 0.833. The summed E-state index contributed by atoms with van der Waals surface area (Å²) in [4.78, 5) is 9.88. The molecular formula is C6H14O4S. The largest absolute Gasteiger partial charge is 0.481 e. The van der Waals surface area contributed by atoms with E-state index in [1.54, 1.807) is 6.92 Å². The Morgan fingerprint density at radius 3 is 1.82 bits per heavy atom. The lowest BCUT2D eigenvalue weighted by atomic mass is 10.2. The molecule has 1 unspecified atom stereocenters. The molecule has 1 atom stereocenters. The van der Waals surface area contributed by atoms with E-state index in [2.05, 4.69) is 12.6 Å². The summed E-state index contributed by atoms with van der Waals surface area (Å²) in [5, 5.41) is 23.4. The molecule has 0 aromatic heterocycles. The molecule has 0 aliphatic carbocycles. The van der Waals surface area contributed by atoms with Crippen LogP contribution in [0.25, 0.3) is 0 Å². The highest BCUT2D eigenvalue weighted by atomic mass is 32.1. The van der Waals surface area contributed by atoms with Gasteiger partial charge in [-0.3, -0.25) is 4.79 Å². The number of rotatable bonds is 3. The zero-order valence-electron chi connectivity index (χ0n) is 6.40. The number of carbonyl (C=O) groups is 1. The van der Waals surface area contributed by atoms with Gasteiger partial charge < -0.3 is 15.3 Å². The van der Waals surface area contributed by atoms with Gasteiger partial charge >= 0.3 is 5.97 Å². The highest BCUT2D eigenvalue weighted by Crippen LogP contribution is 1.94. The predicted octanol–water partition coefficient (Wildman–Crippen LogP) is -0.392. The number of aliphatic hydroxyl groups is 2. The molecule has 3 N–H and O–H groups in total. The van der Waals surface area contributed by atoms with E-state index in [0.29, 0.717) is 5.75 Å². The first-order chi connectivity index (χ1) is 5.09. The van der Waals surface area contributed by atoms with Crippen LogP contribution in [-0.4, -0.2) is 40.3 Å². The molecule has 0 saturated carbocycles. The maximum atomic E-state index is 9.88. The highest BCUT2D eigenvalue weighted by Gasteiger charge is 2.05. The molecule has 0 aliphatic heterocycles. The van der Waals surface area contributed by atoms with E-state index >= 15 is 0 Å². The smallest absolute Gasteiger partial charge is 0.307 e. The van der Waals surface area contributed by atoms with Gasteiger partial charge in [0.25, 0.3) is 0 Å². The predicted molar refractivity (Wildman–Crippen MR) is 44.8 cm³/mol. The van der Waals surface area contributed by atoms with Crippen LogP contribution in [0.5, 0.6) is 0 Å². The van der Waals surface area contributed by atoms with Crippen LogP contribution in [0.4, 0.5) is 0 Å². The molecule has 0 aromatic rings. The third-order valence-corrected chi connectivity index (χ3v) is 1.34. The molecule has 0 rings (SSSR count). The van der Waals surface area contributed by atoms with Gasteiger partial charge in [-0.25, -0.2) is 0 Å². The van der Waals surface area contributed by atoms with E-state index < -0.39 is 5.97 Å². The minimum atomic E-state index is -0.782. The molecule has 0 amide bonds. The third kappa shape index (κ3) is 12.8. The van der Waals surface area contributed by atoms with Crippen molar-refractivity contribution in [2.45, 2.75) is 6.92 Å². The first-order valence-electron chi connectivity index (χ1n) is 3.15. The molecule has 0 fully saturated rings. The molecule has 0 aliphatic rings. The van der Waals surface area contributed by atoms with Crippen LogP contribution in [0.15, 0.2) is 0 Å². The molecule has 0 aromatic carbocycles. The number of carboxylic acid groups (broad SMARTS) is 1. The number of carboxylic acids is 1. The topological polar surface area (TPSA) is 77.8 Å². The molecule has 5 heteroatoms. The van der Waals surface area contributed by atoms with Gasteiger partial charge in [-0.05, 0) is 0 Å². The van der Waals surface area contributed by atoms with Crippen LogP contribution in [0.2, 0.25) is 0 Å². The van der Waals surface area contributed by atoms with Crippen LogP contribution in [0, 0.1) is 5.92 Å². The van der Waals surface area contributed by atoms with E-state index in [0.717, 1.165) is 0 Å². The zero-order valence-corrected chi connectivity index (χ0v) is 7.29. The summed E-state index contributed by atoms with van der Waals surface area (Å²) < 4.78 is 0. The summed E-state index contributed by atoms with van der Waals surface area (Å²) in [6.45, 7) is 1.37. The Balaban J connectivity index is 0. The van der Waals surface area contributed by atoms with Crippen molar-refractivity contribution in [1.29, 1.82) is 0 Å². The molecular weight excluding hydrogens is 168 g/mol. The Bertz CT molecular complexity index is 94.6. The molecule has 4 nitrogen and oxygen atoms in total. The lowest BCUT2D eigenvalue weighted by Crippen LogP contribution is -2.09. The lowest BCUT2D eigenvalue weighted by molar-refractivity contribution is -0.140. The van der Waals surface area contributed by atoms with Gasteiger partial charge in [0.05, 0.1) is 19.1 Å². The van der Waals surface area contributed by atoms with Crippen molar-refractivity contribution in [3.8, 4) is 0 Å². The van der Waals surface area contributed by atoms with Gasteiger partial charge in [0.2, 0.25) is 0 Å². The van der Waals surface area contributed by atoms with Gasteiger partial charge in [0.1, 0.15) is 0 Å². The molecule has 0 saturated heterocycles. The standard InChI is InChI=1S/C4H8O2S.C2H6O2/c1-3(2-7)4(5)6;3-1-2-4/h3,7H,2H2,1H3,(H,5,6);3-4H,1-2H2. The van der Waals surface area contributed by atoms with E-state index in [9.17, 15) is 4.79 Å². The number of hydrogen-bond donors (Lipinski definition) is 4. The van der Waals surface area contributed by atoms with Gasteiger partial charge in [-0.15, -0.1) is 0 Å². The average Bonchev–Trinajstić information content (AvgIpc) is 2.03. The summed E-state index contributed by atoms with van der Waals surface area (Å²) in [5.74, 6) is -0.687. The minimum Gasteiger partial charge on any atom is -0.481 e. The number of aliphatic hydroxyl groups excluding tert-OH is 2. The van der Waals surface area contributed by atoms with Crippen molar-refractivity contribution in [3.05, 3.63) is 0 Å². The Morgan fingerprint density at radius 2 is 1.82 bits per heavy atom. The van der Waals surface area contributed by atoms with Crippen molar-refractivity contribution >= 4 is 18.6 Å². The molecule has 0 radical (unpaired) electrons. The summed E-state index contributed by atoms with van der Waals surface area (Å²) >= 11 is 3.77. The van der Waals surface area contributed by atoms with E-state index in [4.69, 9.17) is 15.3 Å². The highest BCUT2D eigenvalue weighted by molar-refractivity contribution is 7.80. The Morgan fingerprint density at radius 1 is 1.45 bits per heavy atom. The van der Waals surface area contributed by atoms with Crippen LogP contribution >= 0.6 is 12.6 Å². The molecule has 0 spiro atoms.